The fraction of sp³-hybridized carbons (Fsp3) is 0.588. The van der Waals surface area contributed by atoms with Crippen LogP contribution in [0.25, 0.3) is 0 Å². The SMILES string of the molecule is CCCN1CCN(C(=O)NCCOc2ccc(OC)cc2)CC1. The van der Waals surface area contributed by atoms with E-state index in [-0.39, 0.29) is 6.03 Å². The van der Waals surface area contributed by atoms with Crippen LogP contribution in [0.15, 0.2) is 24.3 Å². The van der Waals surface area contributed by atoms with Crippen molar-refractivity contribution in [2.45, 2.75) is 13.3 Å². The van der Waals surface area contributed by atoms with Crippen LogP contribution in [0.1, 0.15) is 13.3 Å². The first-order valence-electron chi connectivity index (χ1n) is 8.25. The summed E-state index contributed by atoms with van der Waals surface area (Å²) < 4.78 is 10.7. The third-order valence-electron chi connectivity index (χ3n) is 3.91. The van der Waals surface area contributed by atoms with Crippen LogP contribution in [-0.2, 0) is 0 Å². The van der Waals surface area contributed by atoms with Crippen LogP contribution >= 0.6 is 0 Å². The second-order valence-electron chi connectivity index (χ2n) is 5.58. The van der Waals surface area contributed by atoms with Crippen LogP contribution in [0, 0.1) is 0 Å². The highest BCUT2D eigenvalue weighted by atomic mass is 16.5. The van der Waals surface area contributed by atoms with Crippen LogP contribution in [0.3, 0.4) is 0 Å². The first-order chi connectivity index (χ1) is 11.2. The number of rotatable bonds is 7. The van der Waals surface area contributed by atoms with Crippen molar-refractivity contribution < 1.29 is 14.3 Å². The van der Waals surface area contributed by atoms with E-state index in [0.717, 1.165) is 50.6 Å². The van der Waals surface area contributed by atoms with Gasteiger partial charge in [-0.25, -0.2) is 4.79 Å². The molecule has 1 aliphatic heterocycles. The monoisotopic (exact) mass is 321 g/mol. The van der Waals surface area contributed by atoms with E-state index >= 15 is 0 Å². The molecule has 0 saturated carbocycles. The van der Waals surface area contributed by atoms with Crippen molar-refractivity contribution in [2.75, 3.05) is 53.0 Å². The molecule has 23 heavy (non-hydrogen) atoms. The summed E-state index contributed by atoms with van der Waals surface area (Å²) in [5.74, 6) is 1.57. The van der Waals surface area contributed by atoms with Crippen molar-refractivity contribution in [3.8, 4) is 11.5 Å². The fourth-order valence-corrected chi connectivity index (χ4v) is 2.60. The normalized spacial score (nSPS) is 15.3. The summed E-state index contributed by atoms with van der Waals surface area (Å²) in [5.41, 5.74) is 0. The van der Waals surface area contributed by atoms with Gasteiger partial charge in [-0.05, 0) is 37.2 Å². The first-order valence-corrected chi connectivity index (χ1v) is 8.25. The first kappa shape index (κ1) is 17.4. The summed E-state index contributed by atoms with van der Waals surface area (Å²) in [6.45, 7) is 7.77. The molecule has 128 valence electrons. The minimum Gasteiger partial charge on any atom is -0.497 e. The zero-order valence-electron chi connectivity index (χ0n) is 14.1. The average molecular weight is 321 g/mol. The Morgan fingerprint density at radius 2 is 1.78 bits per heavy atom. The number of amides is 2. The van der Waals surface area contributed by atoms with E-state index in [4.69, 9.17) is 9.47 Å². The van der Waals surface area contributed by atoms with Crippen molar-refractivity contribution in [1.29, 1.82) is 0 Å². The minimum absolute atomic E-state index is 0.000482. The van der Waals surface area contributed by atoms with Gasteiger partial charge in [-0.3, -0.25) is 4.90 Å². The van der Waals surface area contributed by atoms with Crippen molar-refractivity contribution in [1.82, 2.24) is 15.1 Å². The van der Waals surface area contributed by atoms with Gasteiger partial charge < -0.3 is 19.7 Å². The average Bonchev–Trinajstić information content (AvgIpc) is 2.60. The van der Waals surface area contributed by atoms with E-state index in [0.29, 0.717) is 13.2 Å². The summed E-state index contributed by atoms with van der Waals surface area (Å²) in [4.78, 5) is 16.4. The lowest BCUT2D eigenvalue weighted by Crippen LogP contribution is -2.52. The lowest BCUT2D eigenvalue weighted by molar-refractivity contribution is 0.138. The maximum atomic E-state index is 12.1. The maximum absolute atomic E-state index is 12.1. The lowest BCUT2D eigenvalue weighted by Gasteiger charge is -2.34. The summed E-state index contributed by atoms with van der Waals surface area (Å²) in [5, 5.41) is 2.91. The molecule has 0 radical (unpaired) electrons. The zero-order valence-corrected chi connectivity index (χ0v) is 14.1. The van der Waals surface area contributed by atoms with Crippen molar-refractivity contribution in [3.05, 3.63) is 24.3 Å². The standard InChI is InChI=1S/C17H27N3O3/c1-3-9-19-10-12-20(13-11-19)17(21)18-8-14-23-16-6-4-15(22-2)5-7-16/h4-7H,3,8-14H2,1-2H3,(H,18,21). The summed E-state index contributed by atoms with van der Waals surface area (Å²) in [6, 6.07) is 7.41. The van der Waals surface area contributed by atoms with Crippen molar-refractivity contribution in [2.24, 2.45) is 0 Å². The number of nitrogens with zero attached hydrogens (tertiary/aromatic N) is 2. The third kappa shape index (κ3) is 5.63. The Balaban J connectivity index is 1.61. The minimum atomic E-state index is -0.000482. The van der Waals surface area contributed by atoms with Gasteiger partial charge in [0.15, 0.2) is 0 Å². The van der Waals surface area contributed by atoms with Crippen LogP contribution in [-0.4, -0.2) is 68.8 Å². The molecule has 0 aromatic heterocycles. The molecule has 2 rings (SSSR count). The van der Waals surface area contributed by atoms with Gasteiger partial charge in [-0.15, -0.1) is 0 Å². The number of hydrogen-bond acceptors (Lipinski definition) is 4. The van der Waals surface area contributed by atoms with E-state index in [1.54, 1.807) is 7.11 Å². The van der Waals surface area contributed by atoms with Crippen LogP contribution < -0.4 is 14.8 Å². The molecule has 1 aromatic carbocycles. The number of benzene rings is 1. The molecule has 0 bridgehead atoms. The summed E-state index contributed by atoms with van der Waals surface area (Å²) in [6.07, 6.45) is 1.16. The summed E-state index contributed by atoms with van der Waals surface area (Å²) in [7, 11) is 1.63. The quantitative estimate of drug-likeness (QED) is 0.778. The lowest BCUT2D eigenvalue weighted by atomic mass is 10.3. The van der Waals surface area contributed by atoms with E-state index < -0.39 is 0 Å². The Hall–Kier alpha value is -1.95. The van der Waals surface area contributed by atoms with E-state index in [1.165, 1.54) is 0 Å². The highest BCUT2D eigenvalue weighted by Gasteiger charge is 2.19. The smallest absolute Gasteiger partial charge is 0.317 e. The Labute approximate surface area is 138 Å². The van der Waals surface area contributed by atoms with Crippen molar-refractivity contribution >= 4 is 6.03 Å². The molecule has 1 aliphatic rings. The molecule has 1 heterocycles. The topological polar surface area (TPSA) is 54.0 Å². The third-order valence-corrected chi connectivity index (χ3v) is 3.91. The predicted molar refractivity (Wildman–Crippen MR) is 90.2 cm³/mol. The molecule has 1 fully saturated rings. The molecule has 1 N–H and O–H groups in total. The molecule has 1 aromatic rings. The van der Waals surface area contributed by atoms with Crippen LogP contribution in [0.4, 0.5) is 4.79 Å². The van der Waals surface area contributed by atoms with Crippen LogP contribution in [0.2, 0.25) is 0 Å². The molecular weight excluding hydrogens is 294 g/mol. The van der Waals surface area contributed by atoms with Gasteiger partial charge in [0.05, 0.1) is 13.7 Å². The highest BCUT2D eigenvalue weighted by Crippen LogP contribution is 2.16. The molecule has 6 heteroatoms. The molecule has 0 unspecified atom stereocenters. The maximum Gasteiger partial charge on any atom is 0.317 e. The number of urea groups is 1. The highest BCUT2D eigenvalue weighted by molar-refractivity contribution is 5.74. The van der Waals surface area contributed by atoms with E-state index in [9.17, 15) is 4.79 Å². The van der Waals surface area contributed by atoms with E-state index in [1.807, 2.05) is 29.2 Å². The zero-order chi connectivity index (χ0) is 16.5. The summed E-state index contributed by atoms with van der Waals surface area (Å²) >= 11 is 0. The number of methoxy groups -OCH3 is 1. The predicted octanol–water partition coefficient (Wildman–Crippen LogP) is 1.81. The number of carbonyl (C=O) groups excluding carboxylic acids is 1. The van der Waals surface area contributed by atoms with Gasteiger partial charge in [0.25, 0.3) is 0 Å². The molecule has 2 amide bonds. The Kier molecular flexibility index (Phi) is 7.00. The number of carbonyl (C=O) groups is 1. The van der Waals surface area contributed by atoms with Gasteiger partial charge in [0.2, 0.25) is 0 Å². The van der Waals surface area contributed by atoms with Gasteiger partial charge in [0.1, 0.15) is 18.1 Å². The Bertz CT molecular complexity index is 470. The number of nitrogens with one attached hydrogen (secondary N) is 1. The van der Waals surface area contributed by atoms with Crippen molar-refractivity contribution in [3.63, 3.8) is 0 Å². The molecule has 0 aliphatic carbocycles. The molecular formula is C17H27N3O3. The molecule has 0 atom stereocenters. The van der Waals surface area contributed by atoms with Gasteiger partial charge in [-0.1, -0.05) is 6.92 Å². The number of ether oxygens (including phenoxy) is 2. The van der Waals surface area contributed by atoms with Gasteiger partial charge >= 0.3 is 6.03 Å². The Morgan fingerprint density at radius 3 is 2.39 bits per heavy atom. The number of hydrogen-bond donors (Lipinski definition) is 1. The van der Waals surface area contributed by atoms with E-state index in [2.05, 4.69) is 17.1 Å². The molecule has 6 nitrogen and oxygen atoms in total. The second-order valence-corrected chi connectivity index (χ2v) is 5.58. The Morgan fingerprint density at radius 1 is 1.13 bits per heavy atom. The fourth-order valence-electron chi connectivity index (χ4n) is 2.60. The van der Waals surface area contributed by atoms with Gasteiger partial charge in [0, 0.05) is 26.2 Å². The van der Waals surface area contributed by atoms with Crippen LogP contribution in [0.5, 0.6) is 11.5 Å². The largest absolute Gasteiger partial charge is 0.497 e. The van der Waals surface area contributed by atoms with Gasteiger partial charge in [-0.2, -0.15) is 0 Å². The molecule has 1 saturated heterocycles. The second kappa shape index (κ2) is 9.25. The number of piperazine rings is 1. The molecule has 0 spiro atoms.